The van der Waals surface area contributed by atoms with E-state index in [1.807, 2.05) is 6.92 Å². The molecule has 0 saturated carbocycles. The van der Waals surface area contributed by atoms with Gasteiger partial charge in [-0.2, -0.15) is 4.98 Å². The smallest absolute Gasteiger partial charge is 0.318 e. The first-order valence-corrected chi connectivity index (χ1v) is 7.28. The summed E-state index contributed by atoms with van der Waals surface area (Å²) in [4.78, 5) is 16.1. The first-order chi connectivity index (χ1) is 10.1. The number of hydrogen-bond acceptors (Lipinski definition) is 5. The molecule has 7 heteroatoms. The number of carbonyl (C=O) groups is 1. The van der Waals surface area contributed by atoms with Gasteiger partial charge < -0.3 is 9.26 Å². The predicted octanol–water partition coefficient (Wildman–Crippen LogP) is 4.10. The lowest BCUT2D eigenvalue weighted by Crippen LogP contribution is -2.15. The van der Waals surface area contributed by atoms with E-state index in [0.29, 0.717) is 34.5 Å². The number of hydrogen-bond donors (Lipinski definition) is 0. The lowest BCUT2D eigenvalue weighted by atomic mass is 10.1. The number of benzene rings is 1. The van der Waals surface area contributed by atoms with Crippen LogP contribution in [0.5, 0.6) is 0 Å². The summed E-state index contributed by atoms with van der Waals surface area (Å²) in [6.45, 7) is 3.91. The van der Waals surface area contributed by atoms with E-state index < -0.39 is 5.92 Å². The quantitative estimate of drug-likeness (QED) is 0.773. The van der Waals surface area contributed by atoms with Gasteiger partial charge in [0, 0.05) is 5.56 Å². The predicted molar refractivity (Wildman–Crippen MR) is 79.4 cm³/mol. The van der Waals surface area contributed by atoms with Crippen molar-refractivity contribution in [3.05, 3.63) is 34.1 Å². The maximum absolute atomic E-state index is 11.8. The van der Waals surface area contributed by atoms with Crippen molar-refractivity contribution in [3.63, 3.8) is 0 Å². The van der Waals surface area contributed by atoms with Crippen LogP contribution in [0.25, 0.3) is 11.4 Å². The number of esters is 1. The van der Waals surface area contributed by atoms with Crippen LogP contribution in [-0.4, -0.2) is 22.7 Å². The van der Waals surface area contributed by atoms with E-state index in [-0.39, 0.29) is 11.9 Å². The van der Waals surface area contributed by atoms with Gasteiger partial charge in [0.25, 0.3) is 0 Å². The van der Waals surface area contributed by atoms with Crippen molar-refractivity contribution in [1.82, 2.24) is 10.1 Å². The summed E-state index contributed by atoms with van der Waals surface area (Å²) >= 11 is 11.8. The van der Waals surface area contributed by atoms with Crippen molar-refractivity contribution in [2.45, 2.75) is 26.2 Å². The van der Waals surface area contributed by atoms with Gasteiger partial charge in [-0.15, -0.1) is 0 Å². The molecule has 0 N–H and O–H groups in total. The third kappa shape index (κ3) is 3.54. The van der Waals surface area contributed by atoms with Gasteiger partial charge in [-0.1, -0.05) is 35.3 Å². The molecule has 1 aromatic carbocycles. The fourth-order valence-corrected chi connectivity index (χ4v) is 2.11. The number of ether oxygens (including phenoxy) is 1. The van der Waals surface area contributed by atoms with E-state index >= 15 is 0 Å². The fourth-order valence-electron chi connectivity index (χ4n) is 1.81. The van der Waals surface area contributed by atoms with Crippen LogP contribution in [0.15, 0.2) is 22.7 Å². The van der Waals surface area contributed by atoms with Crippen molar-refractivity contribution in [1.29, 1.82) is 0 Å². The molecule has 112 valence electrons. The average Bonchev–Trinajstić information content (AvgIpc) is 2.92. The fraction of sp³-hybridized carbons (Fsp3) is 0.357. The van der Waals surface area contributed by atoms with Crippen LogP contribution in [0.3, 0.4) is 0 Å². The standard InChI is InChI=1S/C14H14Cl2N2O3/c1-3-9(14(19)20-4-2)13-17-12(18-21-13)8-5-6-10(15)11(16)7-8/h5-7,9H,3-4H2,1-2H3. The molecule has 1 atom stereocenters. The number of nitrogens with zero attached hydrogens (tertiary/aromatic N) is 2. The molecule has 21 heavy (non-hydrogen) atoms. The van der Waals surface area contributed by atoms with Crippen LogP contribution < -0.4 is 0 Å². The normalized spacial score (nSPS) is 12.2. The second-order valence-corrected chi connectivity index (χ2v) is 5.11. The van der Waals surface area contributed by atoms with Crippen molar-refractivity contribution in [3.8, 4) is 11.4 Å². The summed E-state index contributed by atoms with van der Waals surface area (Å²) in [7, 11) is 0. The summed E-state index contributed by atoms with van der Waals surface area (Å²) < 4.78 is 10.2. The molecule has 0 bridgehead atoms. The SMILES string of the molecule is CCOC(=O)C(CC)c1nc(-c2ccc(Cl)c(Cl)c2)no1. The zero-order valence-corrected chi connectivity index (χ0v) is 13.1. The summed E-state index contributed by atoms with van der Waals surface area (Å²) in [5, 5.41) is 4.72. The number of halogens is 2. The van der Waals surface area contributed by atoms with Crippen LogP contribution in [0, 0.1) is 0 Å². The Hall–Kier alpha value is -1.59. The summed E-state index contributed by atoms with van der Waals surface area (Å²) in [5.41, 5.74) is 0.665. The van der Waals surface area contributed by atoms with Gasteiger partial charge in [0.05, 0.1) is 16.7 Å². The van der Waals surface area contributed by atoms with Gasteiger partial charge in [-0.3, -0.25) is 4.79 Å². The van der Waals surface area contributed by atoms with Crippen molar-refractivity contribution in [2.75, 3.05) is 6.61 Å². The van der Waals surface area contributed by atoms with Crippen molar-refractivity contribution < 1.29 is 14.1 Å². The Morgan fingerprint density at radius 3 is 2.71 bits per heavy atom. The molecule has 0 fully saturated rings. The molecule has 2 aromatic rings. The Balaban J connectivity index is 2.27. The maximum atomic E-state index is 11.8. The van der Waals surface area contributed by atoms with Gasteiger partial charge in [-0.25, -0.2) is 0 Å². The minimum absolute atomic E-state index is 0.233. The molecule has 5 nitrogen and oxygen atoms in total. The highest BCUT2D eigenvalue weighted by Gasteiger charge is 2.26. The second kappa shape index (κ2) is 6.91. The molecule has 1 unspecified atom stereocenters. The highest BCUT2D eigenvalue weighted by atomic mass is 35.5. The average molecular weight is 329 g/mol. The molecule has 0 aliphatic carbocycles. The van der Waals surface area contributed by atoms with Crippen LogP contribution in [0.2, 0.25) is 10.0 Å². The largest absolute Gasteiger partial charge is 0.465 e. The molecule has 1 heterocycles. The molecular weight excluding hydrogens is 315 g/mol. The Kier molecular flexibility index (Phi) is 5.20. The van der Waals surface area contributed by atoms with E-state index in [2.05, 4.69) is 10.1 Å². The van der Waals surface area contributed by atoms with E-state index in [4.69, 9.17) is 32.5 Å². The Labute approximate surface area is 132 Å². The Morgan fingerprint density at radius 1 is 1.33 bits per heavy atom. The summed E-state index contributed by atoms with van der Waals surface area (Å²) in [5.74, 6) is -0.346. The van der Waals surface area contributed by atoms with Crippen LogP contribution in [0.1, 0.15) is 32.1 Å². The lowest BCUT2D eigenvalue weighted by Gasteiger charge is -2.08. The Morgan fingerprint density at radius 2 is 2.10 bits per heavy atom. The summed E-state index contributed by atoms with van der Waals surface area (Å²) in [6.07, 6.45) is 0.516. The molecule has 0 radical (unpaired) electrons. The Bertz CT molecular complexity index is 643. The molecule has 0 spiro atoms. The molecule has 0 amide bonds. The monoisotopic (exact) mass is 328 g/mol. The highest BCUT2D eigenvalue weighted by Crippen LogP contribution is 2.28. The van der Waals surface area contributed by atoms with Gasteiger partial charge in [0.15, 0.2) is 0 Å². The van der Waals surface area contributed by atoms with E-state index in [1.165, 1.54) is 0 Å². The van der Waals surface area contributed by atoms with Crippen LogP contribution in [0.4, 0.5) is 0 Å². The summed E-state index contributed by atoms with van der Waals surface area (Å²) in [6, 6.07) is 5.02. The third-order valence-electron chi connectivity index (χ3n) is 2.90. The van der Waals surface area contributed by atoms with Gasteiger partial charge >= 0.3 is 5.97 Å². The minimum atomic E-state index is -0.561. The highest BCUT2D eigenvalue weighted by molar-refractivity contribution is 6.42. The number of carbonyl (C=O) groups excluding carboxylic acids is 1. The molecule has 0 aliphatic rings. The van der Waals surface area contributed by atoms with E-state index in [0.717, 1.165) is 0 Å². The number of aromatic nitrogens is 2. The molecule has 1 aromatic heterocycles. The zero-order chi connectivity index (χ0) is 15.4. The first-order valence-electron chi connectivity index (χ1n) is 6.52. The minimum Gasteiger partial charge on any atom is -0.465 e. The zero-order valence-electron chi connectivity index (χ0n) is 11.6. The van der Waals surface area contributed by atoms with Crippen molar-refractivity contribution in [2.24, 2.45) is 0 Å². The van der Waals surface area contributed by atoms with Gasteiger partial charge in [0.2, 0.25) is 11.7 Å². The topological polar surface area (TPSA) is 65.2 Å². The first kappa shape index (κ1) is 15.8. The maximum Gasteiger partial charge on any atom is 0.318 e. The molecular formula is C14H14Cl2N2O3. The van der Waals surface area contributed by atoms with Crippen LogP contribution in [-0.2, 0) is 9.53 Å². The van der Waals surface area contributed by atoms with Gasteiger partial charge in [-0.05, 0) is 31.5 Å². The van der Waals surface area contributed by atoms with Crippen molar-refractivity contribution >= 4 is 29.2 Å². The van der Waals surface area contributed by atoms with E-state index in [9.17, 15) is 4.79 Å². The number of rotatable bonds is 5. The van der Waals surface area contributed by atoms with E-state index in [1.54, 1.807) is 25.1 Å². The lowest BCUT2D eigenvalue weighted by molar-refractivity contribution is -0.145. The molecule has 0 aliphatic heterocycles. The molecule has 0 saturated heterocycles. The molecule has 2 rings (SSSR count). The second-order valence-electron chi connectivity index (χ2n) is 4.30. The van der Waals surface area contributed by atoms with Gasteiger partial charge in [0.1, 0.15) is 5.92 Å². The van der Waals surface area contributed by atoms with Crippen LogP contribution >= 0.6 is 23.2 Å². The third-order valence-corrected chi connectivity index (χ3v) is 3.64.